The summed E-state index contributed by atoms with van der Waals surface area (Å²) in [7, 11) is 0. The summed E-state index contributed by atoms with van der Waals surface area (Å²) in [5, 5.41) is 6.09. The first kappa shape index (κ1) is 18.6. The van der Waals surface area contributed by atoms with Crippen LogP contribution in [0, 0.1) is 19.7 Å². The first-order valence-corrected chi connectivity index (χ1v) is 8.85. The Labute approximate surface area is 158 Å². The van der Waals surface area contributed by atoms with Crippen LogP contribution in [-0.4, -0.2) is 17.4 Å². The molecule has 2 aromatic carbocycles. The lowest BCUT2D eigenvalue weighted by Crippen LogP contribution is -2.26. The molecule has 27 heavy (non-hydrogen) atoms. The van der Waals surface area contributed by atoms with Crippen molar-refractivity contribution in [1.29, 1.82) is 0 Å². The highest BCUT2D eigenvalue weighted by Gasteiger charge is 2.08. The Bertz CT molecular complexity index is 939. The van der Waals surface area contributed by atoms with Gasteiger partial charge in [0.15, 0.2) is 0 Å². The van der Waals surface area contributed by atoms with Crippen LogP contribution in [-0.2, 0) is 6.42 Å². The van der Waals surface area contributed by atoms with E-state index >= 15 is 0 Å². The van der Waals surface area contributed by atoms with E-state index in [9.17, 15) is 9.18 Å². The van der Waals surface area contributed by atoms with Gasteiger partial charge in [0.25, 0.3) is 5.91 Å². The predicted octanol–water partition coefficient (Wildman–Crippen LogP) is 4.55. The normalized spacial score (nSPS) is 10.5. The molecule has 0 aliphatic carbocycles. The molecule has 0 unspecified atom stereocenters. The highest BCUT2D eigenvalue weighted by atomic mass is 19.1. The zero-order valence-electron chi connectivity index (χ0n) is 15.4. The third-order valence-corrected chi connectivity index (χ3v) is 4.31. The standard InChI is InChI=1S/C22H22FN3O/c1-15-7-8-16(2)21(13-15)26-18-9-10-20(25-14-18)22(27)24-12-11-17-5-3-4-6-19(17)23/h3-10,13-14,26H,11-12H2,1-2H3,(H,24,27). The van der Waals surface area contributed by atoms with E-state index in [1.54, 1.807) is 30.5 Å². The minimum absolute atomic E-state index is 0.258. The molecule has 0 radical (unpaired) electrons. The summed E-state index contributed by atoms with van der Waals surface area (Å²) in [4.78, 5) is 16.4. The zero-order chi connectivity index (χ0) is 19.2. The summed E-state index contributed by atoms with van der Waals surface area (Å²) < 4.78 is 13.6. The van der Waals surface area contributed by atoms with E-state index in [4.69, 9.17) is 0 Å². The van der Waals surface area contributed by atoms with Crippen molar-refractivity contribution in [3.05, 3.63) is 89.0 Å². The van der Waals surface area contributed by atoms with E-state index in [1.807, 2.05) is 19.9 Å². The number of aromatic nitrogens is 1. The molecule has 0 aliphatic rings. The quantitative estimate of drug-likeness (QED) is 0.675. The second kappa shape index (κ2) is 8.45. The van der Waals surface area contributed by atoms with Crippen molar-refractivity contribution in [3.63, 3.8) is 0 Å². The van der Waals surface area contributed by atoms with E-state index in [2.05, 4.69) is 33.8 Å². The van der Waals surface area contributed by atoms with Crippen LogP contribution in [0.25, 0.3) is 0 Å². The number of halogens is 1. The van der Waals surface area contributed by atoms with Crippen LogP contribution in [0.1, 0.15) is 27.2 Å². The van der Waals surface area contributed by atoms with Gasteiger partial charge in [-0.05, 0) is 61.2 Å². The first-order valence-electron chi connectivity index (χ1n) is 8.85. The molecule has 1 aromatic heterocycles. The predicted molar refractivity (Wildman–Crippen MR) is 106 cm³/mol. The number of hydrogen-bond acceptors (Lipinski definition) is 3. The average Bonchev–Trinajstić information content (AvgIpc) is 2.67. The third-order valence-electron chi connectivity index (χ3n) is 4.31. The van der Waals surface area contributed by atoms with E-state index in [0.29, 0.717) is 24.2 Å². The lowest BCUT2D eigenvalue weighted by atomic mass is 10.1. The highest BCUT2D eigenvalue weighted by molar-refractivity contribution is 5.92. The molecule has 0 aliphatic heterocycles. The number of hydrogen-bond donors (Lipinski definition) is 2. The van der Waals surface area contributed by atoms with Crippen LogP contribution < -0.4 is 10.6 Å². The van der Waals surface area contributed by atoms with Crippen molar-refractivity contribution in [2.45, 2.75) is 20.3 Å². The molecule has 0 saturated carbocycles. The van der Waals surface area contributed by atoms with E-state index < -0.39 is 0 Å². The molecule has 2 N–H and O–H groups in total. The molecule has 138 valence electrons. The largest absolute Gasteiger partial charge is 0.354 e. The molecular formula is C22H22FN3O. The van der Waals surface area contributed by atoms with Gasteiger partial charge >= 0.3 is 0 Å². The fourth-order valence-electron chi connectivity index (χ4n) is 2.73. The van der Waals surface area contributed by atoms with Gasteiger partial charge in [-0.25, -0.2) is 9.37 Å². The van der Waals surface area contributed by atoms with Gasteiger partial charge in [-0.2, -0.15) is 0 Å². The van der Waals surface area contributed by atoms with Gasteiger partial charge in [0.2, 0.25) is 0 Å². The van der Waals surface area contributed by atoms with Crippen molar-refractivity contribution in [1.82, 2.24) is 10.3 Å². The Morgan fingerprint density at radius 1 is 1.07 bits per heavy atom. The maximum absolute atomic E-state index is 13.6. The summed E-state index contributed by atoms with van der Waals surface area (Å²) in [6.07, 6.45) is 2.07. The van der Waals surface area contributed by atoms with Gasteiger partial charge in [-0.1, -0.05) is 30.3 Å². The van der Waals surface area contributed by atoms with Gasteiger partial charge in [0.05, 0.1) is 11.9 Å². The summed E-state index contributed by atoms with van der Waals surface area (Å²) >= 11 is 0. The maximum Gasteiger partial charge on any atom is 0.269 e. The summed E-state index contributed by atoms with van der Waals surface area (Å²) in [5.41, 5.74) is 5.04. The molecule has 1 heterocycles. The molecule has 0 saturated heterocycles. The Hall–Kier alpha value is -3.21. The van der Waals surface area contributed by atoms with Crippen molar-refractivity contribution in [3.8, 4) is 0 Å². The highest BCUT2D eigenvalue weighted by Crippen LogP contribution is 2.21. The Balaban J connectivity index is 1.57. The van der Waals surface area contributed by atoms with Crippen LogP contribution >= 0.6 is 0 Å². The number of amides is 1. The SMILES string of the molecule is Cc1ccc(C)c(Nc2ccc(C(=O)NCCc3ccccc3F)nc2)c1. The number of pyridine rings is 1. The van der Waals surface area contributed by atoms with Gasteiger partial charge in [-0.15, -0.1) is 0 Å². The van der Waals surface area contributed by atoms with E-state index in [0.717, 1.165) is 16.9 Å². The number of anilines is 2. The van der Waals surface area contributed by atoms with Gasteiger partial charge in [0.1, 0.15) is 11.5 Å². The first-order chi connectivity index (χ1) is 13.0. The minimum atomic E-state index is -0.273. The molecule has 0 bridgehead atoms. The van der Waals surface area contributed by atoms with Crippen LogP contribution in [0.2, 0.25) is 0 Å². The molecular weight excluding hydrogens is 341 g/mol. The topological polar surface area (TPSA) is 54.0 Å². The van der Waals surface area contributed by atoms with Crippen molar-refractivity contribution in [2.24, 2.45) is 0 Å². The zero-order valence-corrected chi connectivity index (χ0v) is 15.4. The minimum Gasteiger partial charge on any atom is -0.354 e. The van der Waals surface area contributed by atoms with Gasteiger partial charge in [0, 0.05) is 12.2 Å². The van der Waals surface area contributed by atoms with Crippen LogP contribution in [0.3, 0.4) is 0 Å². The number of nitrogens with one attached hydrogen (secondary N) is 2. The number of carbonyl (C=O) groups excluding carboxylic acids is 1. The number of benzene rings is 2. The fourth-order valence-corrected chi connectivity index (χ4v) is 2.73. The molecule has 4 nitrogen and oxygen atoms in total. The fraction of sp³-hybridized carbons (Fsp3) is 0.182. The summed E-state index contributed by atoms with van der Waals surface area (Å²) in [6, 6.07) is 16.2. The molecule has 3 aromatic rings. The molecule has 1 amide bonds. The maximum atomic E-state index is 13.6. The number of rotatable bonds is 6. The number of carbonyl (C=O) groups is 1. The van der Waals surface area contributed by atoms with Crippen LogP contribution in [0.15, 0.2) is 60.8 Å². The van der Waals surface area contributed by atoms with Crippen LogP contribution in [0.4, 0.5) is 15.8 Å². The second-order valence-corrected chi connectivity index (χ2v) is 6.47. The molecule has 0 atom stereocenters. The lowest BCUT2D eigenvalue weighted by Gasteiger charge is -2.11. The number of aryl methyl sites for hydroxylation is 2. The van der Waals surface area contributed by atoms with E-state index in [1.165, 1.54) is 11.6 Å². The Morgan fingerprint density at radius 2 is 1.89 bits per heavy atom. The molecule has 5 heteroatoms. The second-order valence-electron chi connectivity index (χ2n) is 6.47. The lowest BCUT2D eigenvalue weighted by molar-refractivity contribution is 0.0949. The Kier molecular flexibility index (Phi) is 5.81. The molecule has 0 spiro atoms. The molecule has 0 fully saturated rings. The van der Waals surface area contributed by atoms with Crippen molar-refractivity contribution < 1.29 is 9.18 Å². The van der Waals surface area contributed by atoms with Crippen molar-refractivity contribution in [2.75, 3.05) is 11.9 Å². The Morgan fingerprint density at radius 3 is 2.63 bits per heavy atom. The van der Waals surface area contributed by atoms with Crippen molar-refractivity contribution >= 4 is 17.3 Å². The van der Waals surface area contributed by atoms with E-state index in [-0.39, 0.29) is 11.7 Å². The van der Waals surface area contributed by atoms with Gasteiger partial charge < -0.3 is 10.6 Å². The van der Waals surface area contributed by atoms with Gasteiger partial charge in [-0.3, -0.25) is 4.79 Å². The summed E-state index contributed by atoms with van der Waals surface area (Å²) in [6.45, 7) is 4.42. The monoisotopic (exact) mass is 363 g/mol. The average molecular weight is 363 g/mol. The molecule has 3 rings (SSSR count). The third kappa shape index (κ3) is 4.91. The summed E-state index contributed by atoms with van der Waals surface area (Å²) in [5.74, 6) is -0.531. The smallest absolute Gasteiger partial charge is 0.269 e. The number of nitrogens with zero attached hydrogens (tertiary/aromatic N) is 1. The van der Waals surface area contributed by atoms with Crippen LogP contribution in [0.5, 0.6) is 0 Å².